The lowest BCUT2D eigenvalue weighted by Gasteiger charge is -2.19. The maximum absolute atomic E-state index is 12.0. The highest BCUT2D eigenvalue weighted by molar-refractivity contribution is 6.30. The van der Waals surface area contributed by atoms with Gasteiger partial charge in [0.05, 0.1) is 25.9 Å². The van der Waals surface area contributed by atoms with E-state index >= 15 is 0 Å². The van der Waals surface area contributed by atoms with Crippen molar-refractivity contribution in [2.75, 3.05) is 13.2 Å². The number of benzene rings is 1. The van der Waals surface area contributed by atoms with Gasteiger partial charge in [0.25, 0.3) is 5.91 Å². The van der Waals surface area contributed by atoms with Crippen LogP contribution >= 0.6 is 11.6 Å². The van der Waals surface area contributed by atoms with Gasteiger partial charge in [0, 0.05) is 5.02 Å². The van der Waals surface area contributed by atoms with E-state index in [1.165, 1.54) is 0 Å². The Hall–Kier alpha value is -1.63. The van der Waals surface area contributed by atoms with Crippen LogP contribution in [0.4, 0.5) is 4.79 Å². The maximum atomic E-state index is 12.0. The molecule has 0 bridgehead atoms. The van der Waals surface area contributed by atoms with Gasteiger partial charge < -0.3 is 15.2 Å². The third-order valence-electron chi connectivity index (χ3n) is 3.33. The molecule has 0 spiro atoms. The van der Waals surface area contributed by atoms with Crippen LogP contribution in [0.3, 0.4) is 0 Å². The second-order valence-corrected chi connectivity index (χ2v) is 6.20. The molecule has 0 unspecified atom stereocenters. The first kappa shape index (κ1) is 16.7. The van der Waals surface area contributed by atoms with Crippen LogP contribution in [-0.2, 0) is 16.1 Å². The molecule has 3 amide bonds. The quantitative estimate of drug-likeness (QED) is 0.777. The van der Waals surface area contributed by atoms with E-state index < -0.39 is 17.7 Å². The average Bonchev–Trinajstić information content (AvgIpc) is 2.63. The zero-order valence-electron chi connectivity index (χ0n) is 12.5. The highest BCUT2D eigenvalue weighted by Gasteiger charge is 2.44. The summed E-state index contributed by atoms with van der Waals surface area (Å²) in [5.74, 6) is -0.353. The van der Waals surface area contributed by atoms with Crippen molar-refractivity contribution in [3.63, 3.8) is 0 Å². The van der Waals surface area contributed by atoms with E-state index in [2.05, 4.69) is 5.32 Å². The highest BCUT2D eigenvalue weighted by atomic mass is 35.5. The smallest absolute Gasteiger partial charge is 0.325 e. The van der Waals surface area contributed by atoms with Gasteiger partial charge in [-0.15, -0.1) is 0 Å². The molecular formula is C15H19ClN2O4. The average molecular weight is 327 g/mol. The fraction of sp³-hybridized carbons (Fsp3) is 0.467. The summed E-state index contributed by atoms with van der Waals surface area (Å²) in [6.45, 7) is 3.50. The Balaban J connectivity index is 1.78. The van der Waals surface area contributed by atoms with Gasteiger partial charge >= 0.3 is 6.03 Å². The van der Waals surface area contributed by atoms with Crippen molar-refractivity contribution in [2.24, 2.45) is 0 Å². The molecule has 0 aromatic heterocycles. The third kappa shape index (κ3) is 3.97. The molecule has 120 valence electrons. The predicted molar refractivity (Wildman–Crippen MR) is 81.4 cm³/mol. The first-order valence-corrected chi connectivity index (χ1v) is 7.32. The van der Waals surface area contributed by atoms with Crippen LogP contribution in [0, 0.1) is 0 Å². The van der Waals surface area contributed by atoms with Crippen molar-refractivity contribution in [2.45, 2.75) is 32.1 Å². The van der Waals surface area contributed by atoms with Gasteiger partial charge in [-0.25, -0.2) is 4.79 Å². The molecule has 1 aliphatic heterocycles. The molecule has 2 rings (SSSR count). The Labute approximate surface area is 134 Å². The number of urea groups is 1. The van der Waals surface area contributed by atoms with Gasteiger partial charge in [0.1, 0.15) is 5.54 Å². The molecular weight excluding hydrogens is 308 g/mol. The number of amides is 3. The summed E-state index contributed by atoms with van der Waals surface area (Å²) >= 11 is 5.79. The van der Waals surface area contributed by atoms with Crippen molar-refractivity contribution in [1.29, 1.82) is 0 Å². The van der Waals surface area contributed by atoms with E-state index in [1.54, 1.807) is 26.0 Å². The minimum atomic E-state index is -0.934. The number of β-amino-alcohol motifs (C(OH)–C–C–N with tert-alkyl or cyclic N) is 1. The first-order chi connectivity index (χ1) is 10.3. The molecule has 0 saturated carbocycles. The van der Waals surface area contributed by atoms with Crippen molar-refractivity contribution in [1.82, 2.24) is 10.2 Å². The molecule has 2 N–H and O–H groups in total. The molecule has 0 radical (unpaired) electrons. The van der Waals surface area contributed by atoms with Crippen LogP contribution in [0.15, 0.2) is 24.3 Å². The summed E-state index contributed by atoms with van der Waals surface area (Å²) < 4.78 is 5.39. The van der Waals surface area contributed by atoms with Crippen LogP contribution in [0.1, 0.15) is 19.4 Å². The fourth-order valence-corrected chi connectivity index (χ4v) is 2.27. The summed E-state index contributed by atoms with van der Waals surface area (Å²) in [5.41, 5.74) is -0.00578. The van der Waals surface area contributed by atoms with Crippen LogP contribution < -0.4 is 5.32 Å². The molecule has 1 atom stereocenters. The predicted octanol–water partition coefficient (Wildman–Crippen LogP) is 1.55. The number of hydrogen-bond acceptors (Lipinski definition) is 4. The maximum Gasteiger partial charge on any atom is 0.325 e. The lowest BCUT2D eigenvalue weighted by atomic mass is 10.1. The fourth-order valence-electron chi connectivity index (χ4n) is 2.14. The molecule has 1 aromatic carbocycles. The van der Waals surface area contributed by atoms with E-state index in [1.807, 2.05) is 12.1 Å². The number of carbonyl (C=O) groups excluding carboxylic acids is 2. The van der Waals surface area contributed by atoms with E-state index in [-0.39, 0.29) is 19.1 Å². The number of halogens is 1. The van der Waals surface area contributed by atoms with Gasteiger partial charge in [-0.1, -0.05) is 23.7 Å². The number of carbonyl (C=O) groups is 2. The van der Waals surface area contributed by atoms with Crippen LogP contribution in [0.25, 0.3) is 0 Å². The van der Waals surface area contributed by atoms with E-state index in [4.69, 9.17) is 16.3 Å². The number of hydrogen-bond donors (Lipinski definition) is 2. The number of ether oxygens (including phenoxy) is 1. The number of nitrogens with one attached hydrogen (secondary N) is 1. The summed E-state index contributed by atoms with van der Waals surface area (Å²) in [5, 5.41) is 13.1. The lowest BCUT2D eigenvalue weighted by Crippen LogP contribution is -2.42. The molecule has 7 heteroatoms. The van der Waals surface area contributed by atoms with Crippen molar-refractivity contribution in [3.05, 3.63) is 34.9 Å². The SMILES string of the molecule is CC1(C)NC(=O)N(C[C@H](O)COCc2ccc(Cl)cc2)C1=O. The van der Waals surface area contributed by atoms with E-state index in [0.29, 0.717) is 11.6 Å². The Morgan fingerprint density at radius 2 is 1.95 bits per heavy atom. The second kappa shape index (κ2) is 6.64. The summed E-state index contributed by atoms with van der Waals surface area (Å²) in [4.78, 5) is 24.7. The summed E-state index contributed by atoms with van der Waals surface area (Å²) in [6, 6.07) is 6.67. The van der Waals surface area contributed by atoms with Gasteiger partial charge in [-0.3, -0.25) is 9.69 Å². The normalized spacial score (nSPS) is 18.5. The molecule has 1 aliphatic rings. The zero-order chi connectivity index (χ0) is 16.3. The van der Waals surface area contributed by atoms with Crippen LogP contribution in [0.5, 0.6) is 0 Å². The van der Waals surface area contributed by atoms with Gasteiger partial charge in [-0.2, -0.15) is 0 Å². The Morgan fingerprint density at radius 3 is 2.50 bits per heavy atom. The third-order valence-corrected chi connectivity index (χ3v) is 3.58. The zero-order valence-corrected chi connectivity index (χ0v) is 13.3. The molecule has 0 aliphatic carbocycles. The van der Waals surface area contributed by atoms with E-state index in [9.17, 15) is 14.7 Å². The number of aliphatic hydroxyl groups is 1. The second-order valence-electron chi connectivity index (χ2n) is 5.77. The van der Waals surface area contributed by atoms with Crippen molar-refractivity contribution in [3.8, 4) is 0 Å². The first-order valence-electron chi connectivity index (χ1n) is 6.94. The number of aliphatic hydroxyl groups excluding tert-OH is 1. The van der Waals surface area contributed by atoms with Gasteiger partial charge in [-0.05, 0) is 31.5 Å². The summed E-state index contributed by atoms with van der Waals surface area (Å²) in [7, 11) is 0. The molecule has 1 saturated heterocycles. The number of rotatable bonds is 6. The Morgan fingerprint density at radius 1 is 1.32 bits per heavy atom. The van der Waals surface area contributed by atoms with Crippen LogP contribution in [0.2, 0.25) is 5.02 Å². The van der Waals surface area contributed by atoms with Gasteiger partial charge in [0.2, 0.25) is 0 Å². The largest absolute Gasteiger partial charge is 0.389 e. The lowest BCUT2D eigenvalue weighted by molar-refractivity contribution is -0.131. The molecule has 22 heavy (non-hydrogen) atoms. The molecule has 1 aromatic rings. The topological polar surface area (TPSA) is 78.9 Å². The molecule has 6 nitrogen and oxygen atoms in total. The number of nitrogens with zero attached hydrogens (tertiary/aromatic N) is 1. The minimum absolute atomic E-state index is 0.0279. The molecule has 1 heterocycles. The Bertz CT molecular complexity index is 559. The van der Waals surface area contributed by atoms with Crippen molar-refractivity contribution < 1.29 is 19.4 Å². The minimum Gasteiger partial charge on any atom is -0.389 e. The van der Waals surface area contributed by atoms with Crippen LogP contribution in [-0.4, -0.2) is 46.7 Å². The summed E-state index contributed by atoms with van der Waals surface area (Å²) in [6.07, 6.45) is -0.934. The highest BCUT2D eigenvalue weighted by Crippen LogP contribution is 2.17. The van der Waals surface area contributed by atoms with E-state index in [0.717, 1.165) is 10.5 Å². The monoisotopic (exact) mass is 326 g/mol. The Kier molecular flexibility index (Phi) is 5.05. The standard InChI is InChI=1S/C15H19ClN2O4/c1-15(2)13(20)18(14(21)17-15)7-12(19)9-22-8-10-3-5-11(16)6-4-10/h3-6,12,19H,7-9H2,1-2H3,(H,17,21)/t12-/m0/s1. The van der Waals surface area contributed by atoms with Gasteiger partial charge in [0.15, 0.2) is 0 Å². The number of imide groups is 1. The van der Waals surface area contributed by atoms with Crippen molar-refractivity contribution >= 4 is 23.5 Å². The molecule has 1 fully saturated rings.